The van der Waals surface area contributed by atoms with Gasteiger partial charge in [0.2, 0.25) is 0 Å². The van der Waals surface area contributed by atoms with Crippen LogP contribution < -0.4 is 5.73 Å². The summed E-state index contributed by atoms with van der Waals surface area (Å²) in [6.07, 6.45) is 13.1. The minimum atomic E-state index is 0.232. The molecule has 1 aliphatic carbocycles. The van der Waals surface area contributed by atoms with Gasteiger partial charge in [0.15, 0.2) is 0 Å². The molecule has 2 aliphatic heterocycles. The first-order valence-electron chi connectivity index (χ1n) is 7.46. The second-order valence-electron chi connectivity index (χ2n) is 5.85. The van der Waals surface area contributed by atoms with E-state index in [1.807, 2.05) is 0 Å². The third-order valence-corrected chi connectivity index (χ3v) is 4.60. The molecular weight excluding hydrogens is 222 g/mol. The van der Waals surface area contributed by atoms with Crippen molar-refractivity contribution in [2.24, 2.45) is 5.73 Å². The smallest absolute Gasteiger partial charge is 0.0323 e. The predicted octanol–water partition coefficient (Wildman–Crippen LogP) is 1.72. The highest BCUT2D eigenvalue weighted by atomic mass is 15.2. The molecule has 0 amide bonds. The number of likely N-dealkylation sites (tertiary alicyclic amines) is 2. The van der Waals surface area contributed by atoms with E-state index in [-0.39, 0.29) is 6.04 Å². The van der Waals surface area contributed by atoms with Gasteiger partial charge in [-0.25, -0.2) is 0 Å². The molecule has 100 valence electrons. The van der Waals surface area contributed by atoms with Crippen LogP contribution in [-0.2, 0) is 0 Å². The molecule has 1 unspecified atom stereocenters. The van der Waals surface area contributed by atoms with Crippen LogP contribution in [0, 0.1) is 0 Å². The monoisotopic (exact) mass is 247 g/mol. The number of nitrogens with two attached hydrogens (primary N) is 1. The van der Waals surface area contributed by atoms with E-state index in [4.69, 9.17) is 5.73 Å². The van der Waals surface area contributed by atoms with Gasteiger partial charge in [0.1, 0.15) is 0 Å². The van der Waals surface area contributed by atoms with Crippen molar-refractivity contribution in [3.63, 3.8) is 0 Å². The third-order valence-electron chi connectivity index (χ3n) is 4.60. The number of hydrogen-bond donors (Lipinski definition) is 1. The van der Waals surface area contributed by atoms with Crippen LogP contribution in [0.25, 0.3) is 0 Å². The molecule has 0 saturated carbocycles. The molecule has 1 atom stereocenters. The largest absolute Gasteiger partial charge is 0.372 e. The van der Waals surface area contributed by atoms with Gasteiger partial charge >= 0.3 is 0 Å². The van der Waals surface area contributed by atoms with Gasteiger partial charge in [0.25, 0.3) is 0 Å². The molecule has 2 fully saturated rings. The Morgan fingerprint density at radius 2 is 1.78 bits per heavy atom. The second kappa shape index (κ2) is 5.45. The summed E-state index contributed by atoms with van der Waals surface area (Å²) in [6, 6.07) is 1.08. The van der Waals surface area contributed by atoms with Gasteiger partial charge in [-0.15, -0.1) is 0 Å². The van der Waals surface area contributed by atoms with Crippen molar-refractivity contribution in [1.82, 2.24) is 9.80 Å². The van der Waals surface area contributed by atoms with E-state index < -0.39 is 0 Å². The van der Waals surface area contributed by atoms with E-state index in [0.717, 1.165) is 12.5 Å². The Morgan fingerprint density at radius 1 is 1.06 bits per heavy atom. The van der Waals surface area contributed by atoms with Gasteiger partial charge in [-0.1, -0.05) is 12.2 Å². The molecule has 0 bridgehead atoms. The van der Waals surface area contributed by atoms with Gasteiger partial charge in [0.05, 0.1) is 0 Å². The van der Waals surface area contributed by atoms with Crippen LogP contribution in [0.5, 0.6) is 0 Å². The summed E-state index contributed by atoms with van der Waals surface area (Å²) in [4.78, 5) is 5.24. The van der Waals surface area contributed by atoms with Crippen molar-refractivity contribution in [3.05, 3.63) is 23.9 Å². The average Bonchev–Trinajstić information content (AvgIpc) is 2.94. The van der Waals surface area contributed by atoms with E-state index in [2.05, 4.69) is 28.0 Å². The molecule has 3 rings (SSSR count). The van der Waals surface area contributed by atoms with E-state index in [1.54, 1.807) is 0 Å². The lowest BCUT2D eigenvalue weighted by Gasteiger charge is -2.38. The van der Waals surface area contributed by atoms with Crippen LogP contribution in [0.3, 0.4) is 0 Å². The Balaban J connectivity index is 1.52. The minimum Gasteiger partial charge on any atom is -0.372 e. The first-order chi connectivity index (χ1) is 8.83. The van der Waals surface area contributed by atoms with Crippen LogP contribution >= 0.6 is 0 Å². The number of nitrogens with zero attached hydrogens (tertiary/aromatic N) is 2. The molecule has 0 aromatic rings. The SMILES string of the molecule is NC1C=CC(N2CCC(N3CCCC3)CC2)=CC1. The molecular formula is C15H25N3. The highest BCUT2D eigenvalue weighted by Crippen LogP contribution is 2.24. The molecule has 0 radical (unpaired) electrons. The van der Waals surface area contributed by atoms with Crippen molar-refractivity contribution >= 4 is 0 Å². The summed E-state index contributed by atoms with van der Waals surface area (Å²) in [5.41, 5.74) is 7.27. The summed E-state index contributed by atoms with van der Waals surface area (Å²) in [5, 5.41) is 0. The van der Waals surface area contributed by atoms with Crippen LogP contribution in [-0.4, -0.2) is 48.1 Å². The Morgan fingerprint density at radius 3 is 2.39 bits per heavy atom. The lowest BCUT2D eigenvalue weighted by Crippen LogP contribution is -2.43. The lowest BCUT2D eigenvalue weighted by atomic mass is 10.0. The average molecular weight is 247 g/mol. The van der Waals surface area contributed by atoms with E-state index in [0.29, 0.717) is 0 Å². The molecule has 3 heteroatoms. The van der Waals surface area contributed by atoms with Gasteiger partial charge < -0.3 is 15.5 Å². The Hall–Kier alpha value is -0.800. The zero-order valence-corrected chi connectivity index (χ0v) is 11.2. The number of piperidine rings is 1. The van der Waals surface area contributed by atoms with Crippen molar-refractivity contribution in [2.75, 3.05) is 26.2 Å². The van der Waals surface area contributed by atoms with Gasteiger partial charge in [-0.2, -0.15) is 0 Å². The molecule has 0 aromatic heterocycles. The topological polar surface area (TPSA) is 32.5 Å². The van der Waals surface area contributed by atoms with Crippen molar-refractivity contribution < 1.29 is 0 Å². The fourth-order valence-electron chi connectivity index (χ4n) is 3.46. The number of hydrogen-bond acceptors (Lipinski definition) is 3. The fraction of sp³-hybridized carbons (Fsp3) is 0.733. The van der Waals surface area contributed by atoms with Crippen LogP contribution in [0.15, 0.2) is 23.9 Å². The van der Waals surface area contributed by atoms with Gasteiger partial charge in [-0.05, 0) is 51.3 Å². The predicted molar refractivity (Wildman–Crippen MR) is 75.2 cm³/mol. The van der Waals surface area contributed by atoms with Crippen LogP contribution in [0.2, 0.25) is 0 Å². The molecule has 2 heterocycles. The quantitative estimate of drug-likeness (QED) is 0.806. The summed E-state index contributed by atoms with van der Waals surface area (Å²) in [5.74, 6) is 0. The normalized spacial score (nSPS) is 30.8. The highest BCUT2D eigenvalue weighted by Gasteiger charge is 2.26. The number of allylic oxidation sites excluding steroid dienone is 1. The van der Waals surface area contributed by atoms with E-state index >= 15 is 0 Å². The molecule has 18 heavy (non-hydrogen) atoms. The molecule has 0 aromatic carbocycles. The minimum absolute atomic E-state index is 0.232. The second-order valence-corrected chi connectivity index (χ2v) is 5.85. The Kier molecular flexibility index (Phi) is 3.71. The van der Waals surface area contributed by atoms with E-state index in [1.165, 1.54) is 57.6 Å². The van der Waals surface area contributed by atoms with Gasteiger partial charge in [0, 0.05) is 30.9 Å². The molecule has 3 nitrogen and oxygen atoms in total. The number of rotatable bonds is 2. The maximum Gasteiger partial charge on any atom is 0.0323 e. The fourth-order valence-corrected chi connectivity index (χ4v) is 3.46. The Bertz CT molecular complexity index is 334. The maximum absolute atomic E-state index is 5.87. The standard InChI is InChI=1S/C15H25N3/c16-13-3-5-14(6-4-13)18-11-7-15(8-12-18)17-9-1-2-10-17/h3,5-6,13,15H,1-2,4,7-12,16H2. The summed E-state index contributed by atoms with van der Waals surface area (Å²) in [7, 11) is 0. The van der Waals surface area contributed by atoms with Crippen molar-refractivity contribution in [3.8, 4) is 0 Å². The van der Waals surface area contributed by atoms with Crippen molar-refractivity contribution in [2.45, 2.75) is 44.2 Å². The molecule has 3 aliphatic rings. The molecule has 2 N–H and O–H groups in total. The molecule has 2 saturated heterocycles. The summed E-state index contributed by atoms with van der Waals surface area (Å²) >= 11 is 0. The summed E-state index contributed by atoms with van der Waals surface area (Å²) < 4.78 is 0. The maximum atomic E-state index is 5.87. The first kappa shape index (κ1) is 12.2. The first-order valence-corrected chi connectivity index (χ1v) is 7.46. The van der Waals surface area contributed by atoms with Gasteiger partial charge in [-0.3, -0.25) is 0 Å². The van der Waals surface area contributed by atoms with E-state index in [9.17, 15) is 0 Å². The van der Waals surface area contributed by atoms with Crippen LogP contribution in [0.1, 0.15) is 32.1 Å². The highest BCUT2D eigenvalue weighted by molar-refractivity contribution is 5.24. The lowest BCUT2D eigenvalue weighted by molar-refractivity contribution is 0.149. The molecule has 0 spiro atoms. The van der Waals surface area contributed by atoms with Crippen molar-refractivity contribution in [1.29, 1.82) is 0 Å². The van der Waals surface area contributed by atoms with Crippen LogP contribution in [0.4, 0.5) is 0 Å². The zero-order valence-electron chi connectivity index (χ0n) is 11.2. The summed E-state index contributed by atoms with van der Waals surface area (Å²) in [6.45, 7) is 5.10. The third kappa shape index (κ3) is 2.62. The Labute approximate surface area is 110 Å². The zero-order chi connectivity index (χ0) is 12.4.